The molecule has 1 unspecified atom stereocenters. The van der Waals surface area contributed by atoms with Gasteiger partial charge in [-0.3, -0.25) is 9.36 Å². The number of imidazole rings is 1. The van der Waals surface area contributed by atoms with Crippen LogP contribution in [0.4, 0.5) is 0 Å². The van der Waals surface area contributed by atoms with E-state index in [1.807, 2.05) is 32.2 Å². The molecule has 0 aliphatic heterocycles. The van der Waals surface area contributed by atoms with Crippen LogP contribution < -0.4 is 5.56 Å². The number of pyridine rings is 2. The predicted octanol–water partition coefficient (Wildman–Crippen LogP) is 4.64. The summed E-state index contributed by atoms with van der Waals surface area (Å²) in [5.41, 5.74) is 1.46. The lowest BCUT2D eigenvalue weighted by Gasteiger charge is -2.30. The van der Waals surface area contributed by atoms with E-state index in [9.17, 15) is 9.90 Å². The van der Waals surface area contributed by atoms with Gasteiger partial charge in [0.25, 0.3) is 5.56 Å². The Hall–Kier alpha value is -3.26. The van der Waals surface area contributed by atoms with E-state index in [1.165, 1.54) is 4.57 Å². The highest BCUT2D eigenvalue weighted by Crippen LogP contribution is 2.39. The largest absolute Gasteiger partial charge is 0.374 e. The Bertz CT molecular complexity index is 1550. The predicted molar refractivity (Wildman–Crippen MR) is 132 cm³/mol. The fourth-order valence-corrected chi connectivity index (χ4v) is 5.19. The molecule has 0 bridgehead atoms. The minimum absolute atomic E-state index is 0.136. The van der Waals surface area contributed by atoms with Crippen LogP contribution in [0.3, 0.4) is 0 Å². The lowest BCUT2D eigenvalue weighted by molar-refractivity contribution is 0.117. The van der Waals surface area contributed by atoms with Crippen molar-refractivity contribution in [2.45, 2.75) is 12.5 Å². The van der Waals surface area contributed by atoms with Crippen molar-refractivity contribution in [1.82, 2.24) is 19.1 Å². The van der Waals surface area contributed by atoms with Gasteiger partial charge >= 0.3 is 0 Å². The quantitative estimate of drug-likeness (QED) is 0.410. The molecule has 0 fully saturated rings. The fourth-order valence-electron chi connectivity index (χ4n) is 4.17. The van der Waals surface area contributed by atoms with Crippen LogP contribution in [0, 0.1) is 6.92 Å². The Balaban J connectivity index is 1.83. The lowest BCUT2D eigenvalue weighted by Crippen LogP contribution is -2.31. The van der Waals surface area contributed by atoms with Gasteiger partial charge in [-0.1, -0.05) is 23.7 Å². The fraction of sp³-hybridized carbons (Fsp3) is 0.160. The summed E-state index contributed by atoms with van der Waals surface area (Å²) in [5, 5.41) is 13.6. The highest BCUT2D eigenvalue weighted by Gasteiger charge is 2.37. The van der Waals surface area contributed by atoms with Crippen molar-refractivity contribution in [3.8, 4) is 10.4 Å². The van der Waals surface area contributed by atoms with E-state index in [-0.39, 0.29) is 5.56 Å². The third kappa shape index (κ3) is 3.49. The van der Waals surface area contributed by atoms with Gasteiger partial charge in [0.2, 0.25) is 0 Å². The van der Waals surface area contributed by atoms with Gasteiger partial charge in [0.1, 0.15) is 5.65 Å². The van der Waals surface area contributed by atoms with Crippen LogP contribution >= 0.6 is 22.9 Å². The number of fused-ring (bicyclic) bond motifs is 1. The zero-order valence-electron chi connectivity index (χ0n) is 18.3. The summed E-state index contributed by atoms with van der Waals surface area (Å²) < 4.78 is 3.30. The zero-order chi connectivity index (χ0) is 23.3. The smallest absolute Gasteiger partial charge is 0.252 e. The number of thiophene rings is 1. The number of halogens is 1. The Kier molecular flexibility index (Phi) is 5.20. The Labute approximate surface area is 199 Å². The standard InChI is InChI=1S/C25H21ClN4O2S/c1-15-4-9-21(33-15)19-11-23(31)30(3)24-20(19)10-17(12-28-24)25(32,22-13-27-14-29(22)2)16-5-7-18(26)8-6-16/h4-14,32H,1-3H3. The zero-order valence-corrected chi connectivity index (χ0v) is 19.9. The van der Waals surface area contributed by atoms with Gasteiger partial charge in [-0.25, -0.2) is 9.97 Å². The van der Waals surface area contributed by atoms with Crippen molar-refractivity contribution >= 4 is 34.0 Å². The van der Waals surface area contributed by atoms with Crippen LogP contribution in [-0.2, 0) is 19.7 Å². The Morgan fingerprint density at radius 3 is 2.42 bits per heavy atom. The number of rotatable bonds is 4. The van der Waals surface area contributed by atoms with Crippen LogP contribution in [0.1, 0.15) is 21.7 Å². The molecule has 0 spiro atoms. The van der Waals surface area contributed by atoms with Gasteiger partial charge in [0.15, 0.2) is 5.60 Å². The minimum Gasteiger partial charge on any atom is -0.374 e. The molecule has 1 N–H and O–H groups in total. The van der Waals surface area contributed by atoms with Gasteiger partial charge in [0, 0.05) is 57.6 Å². The van der Waals surface area contributed by atoms with Crippen molar-refractivity contribution in [2.75, 3.05) is 0 Å². The number of hydrogen-bond donors (Lipinski definition) is 1. The Morgan fingerprint density at radius 2 is 1.79 bits per heavy atom. The average Bonchev–Trinajstić information content (AvgIpc) is 3.44. The van der Waals surface area contributed by atoms with Crippen molar-refractivity contribution in [1.29, 1.82) is 0 Å². The highest BCUT2D eigenvalue weighted by molar-refractivity contribution is 7.15. The van der Waals surface area contributed by atoms with E-state index in [0.717, 1.165) is 20.7 Å². The maximum Gasteiger partial charge on any atom is 0.252 e. The second-order valence-corrected chi connectivity index (χ2v) is 9.79. The van der Waals surface area contributed by atoms with Gasteiger partial charge in [0.05, 0.1) is 18.2 Å². The summed E-state index contributed by atoms with van der Waals surface area (Å²) in [6.45, 7) is 2.03. The molecule has 5 aromatic rings. The van der Waals surface area contributed by atoms with Gasteiger partial charge in [-0.15, -0.1) is 11.3 Å². The molecule has 33 heavy (non-hydrogen) atoms. The molecule has 4 aromatic heterocycles. The molecule has 0 saturated heterocycles. The van der Waals surface area contributed by atoms with Crippen molar-refractivity contribution in [2.24, 2.45) is 14.1 Å². The average molecular weight is 477 g/mol. The van der Waals surface area contributed by atoms with Crippen LogP contribution in [0.15, 0.2) is 72.0 Å². The molecule has 0 saturated carbocycles. The van der Waals surface area contributed by atoms with Crippen LogP contribution in [-0.4, -0.2) is 24.2 Å². The molecule has 5 rings (SSSR count). The summed E-state index contributed by atoms with van der Waals surface area (Å²) >= 11 is 7.74. The second kappa shape index (κ2) is 7.95. The molecular formula is C25H21ClN4O2S. The number of aliphatic hydroxyl groups is 1. The van der Waals surface area contributed by atoms with Crippen LogP contribution in [0.2, 0.25) is 5.02 Å². The van der Waals surface area contributed by atoms with Crippen molar-refractivity contribution in [3.63, 3.8) is 0 Å². The first-order valence-corrected chi connectivity index (χ1v) is 11.5. The molecule has 1 atom stereocenters. The Morgan fingerprint density at radius 1 is 1.03 bits per heavy atom. The van der Waals surface area contributed by atoms with Crippen LogP contribution in [0.5, 0.6) is 0 Å². The first kappa shape index (κ1) is 21.6. The number of nitrogens with zero attached hydrogens (tertiary/aromatic N) is 4. The summed E-state index contributed by atoms with van der Waals surface area (Å²) in [5.74, 6) is 0. The number of benzene rings is 1. The van der Waals surface area contributed by atoms with E-state index < -0.39 is 5.60 Å². The maximum atomic E-state index is 12.7. The first-order chi connectivity index (χ1) is 15.8. The van der Waals surface area contributed by atoms with Crippen molar-refractivity contribution < 1.29 is 5.11 Å². The molecule has 0 aliphatic carbocycles. The molecule has 0 amide bonds. The summed E-state index contributed by atoms with van der Waals surface area (Å²) in [6.07, 6.45) is 4.91. The molecule has 1 aromatic carbocycles. The molecule has 166 valence electrons. The molecule has 4 heterocycles. The van der Waals surface area contributed by atoms with E-state index in [2.05, 4.69) is 9.97 Å². The van der Waals surface area contributed by atoms with E-state index in [0.29, 0.717) is 27.5 Å². The topological polar surface area (TPSA) is 72.9 Å². The highest BCUT2D eigenvalue weighted by atomic mass is 35.5. The number of hydrogen-bond acceptors (Lipinski definition) is 5. The molecule has 6 nitrogen and oxygen atoms in total. The summed E-state index contributed by atoms with van der Waals surface area (Å²) in [7, 11) is 3.54. The monoisotopic (exact) mass is 476 g/mol. The number of aromatic nitrogens is 4. The summed E-state index contributed by atoms with van der Waals surface area (Å²) in [4.78, 5) is 23.6. The maximum absolute atomic E-state index is 12.7. The molecule has 8 heteroatoms. The van der Waals surface area contributed by atoms with E-state index in [1.54, 1.807) is 72.0 Å². The molecule has 0 radical (unpaired) electrons. The van der Waals surface area contributed by atoms with Crippen molar-refractivity contribution in [3.05, 3.63) is 104 Å². The van der Waals surface area contributed by atoms with E-state index >= 15 is 0 Å². The number of aryl methyl sites for hydroxylation is 3. The normalized spacial score (nSPS) is 13.4. The SMILES string of the molecule is Cc1ccc(-c2cc(=O)n(C)c3ncc(C(O)(c4ccc(Cl)cc4)c4cncn4C)cc23)s1. The molecular weight excluding hydrogens is 456 g/mol. The second-order valence-electron chi connectivity index (χ2n) is 8.07. The van der Waals surface area contributed by atoms with Gasteiger partial charge in [-0.2, -0.15) is 0 Å². The van der Waals surface area contributed by atoms with E-state index in [4.69, 9.17) is 11.6 Å². The van der Waals surface area contributed by atoms with Crippen LogP contribution in [0.25, 0.3) is 21.5 Å². The lowest BCUT2D eigenvalue weighted by atomic mass is 9.84. The third-order valence-electron chi connectivity index (χ3n) is 5.95. The third-order valence-corrected chi connectivity index (χ3v) is 7.23. The molecule has 0 aliphatic rings. The van der Waals surface area contributed by atoms with Gasteiger partial charge in [-0.05, 0) is 42.8 Å². The first-order valence-electron chi connectivity index (χ1n) is 10.3. The van der Waals surface area contributed by atoms with Gasteiger partial charge < -0.3 is 9.67 Å². The summed E-state index contributed by atoms with van der Waals surface area (Å²) in [6, 6.07) is 14.7. The minimum atomic E-state index is -1.53.